The summed E-state index contributed by atoms with van der Waals surface area (Å²) >= 11 is 1.38. The maximum absolute atomic E-state index is 11.8. The molecule has 1 atom stereocenters. The standard InChI is InChI=1S/C11H21NO3S/c1-7(2)16-8(6-9(13)14)10(15)12-11(3,4)5/h7-8H,6H2,1-5H3,(H,12,15)(H,13,14). The van der Waals surface area contributed by atoms with Gasteiger partial charge in [-0.2, -0.15) is 0 Å². The molecule has 5 heteroatoms. The van der Waals surface area contributed by atoms with Gasteiger partial charge in [0, 0.05) is 5.54 Å². The molecule has 0 aromatic carbocycles. The average Bonchev–Trinajstić information content (AvgIpc) is 1.97. The molecule has 0 heterocycles. The Balaban J connectivity index is 4.49. The Kier molecular flexibility index (Phi) is 5.86. The molecule has 0 spiro atoms. The van der Waals surface area contributed by atoms with E-state index < -0.39 is 11.2 Å². The number of hydrogen-bond acceptors (Lipinski definition) is 3. The molecule has 0 aliphatic carbocycles. The molecule has 0 saturated heterocycles. The molecule has 0 aromatic rings. The van der Waals surface area contributed by atoms with Crippen LogP contribution in [0.1, 0.15) is 41.0 Å². The van der Waals surface area contributed by atoms with E-state index in [1.165, 1.54) is 11.8 Å². The normalized spacial score (nSPS) is 13.6. The fourth-order valence-electron chi connectivity index (χ4n) is 1.14. The van der Waals surface area contributed by atoms with Crippen molar-refractivity contribution in [1.29, 1.82) is 0 Å². The third-order valence-corrected chi connectivity index (χ3v) is 2.84. The summed E-state index contributed by atoms with van der Waals surface area (Å²) in [4.78, 5) is 22.5. The fraction of sp³-hybridized carbons (Fsp3) is 0.818. The Morgan fingerprint density at radius 3 is 2.12 bits per heavy atom. The first-order chi connectivity index (χ1) is 7.11. The molecule has 16 heavy (non-hydrogen) atoms. The zero-order valence-corrected chi connectivity index (χ0v) is 11.4. The molecule has 4 nitrogen and oxygen atoms in total. The minimum atomic E-state index is -0.942. The Morgan fingerprint density at radius 1 is 1.31 bits per heavy atom. The van der Waals surface area contributed by atoms with Crippen molar-refractivity contribution in [2.75, 3.05) is 0 Å². The maximum Gasteiger partial charge on any atom is 0.305 e. The highest BCUT2D eigenvalue weighted by Gasteiger charge is 2.26. The number of rotatable bonds is 5. The van der Waals surface area contributed by atoms with Crippen LogP contribution in [0.15, 0.2) is 0 Å². The van der Waals surface area contributed by atoms with E-state index in [1.54, 1.807) is 0 Å². The van der Waals surface area contributed by atoms with Crippen molar-refractivity contribution in [3.8, 4) is 0 Å². The van der Waals surface area contributed by atoms with Crippen molar-refractivity contribution in [2.45, 2.75) is 57.1 Å². The SMILES string of the molecule is CC(C)SC(CC(=O)O)C(=O)NC(C)(C)C. The van der Waals surface area contributed by atoms with Crippen LogP contribution in [0.3, 0.4) is 0 Å². The summed E-state index contributed by atoms with van der Waals surface area (Å²) in [5.74, 6) is -1.14. The molecule has 94 valence electrons. The van der Waals surface area contributed by atoms with Gasteiger partial charge in [0.25, 0.3) is 0 Å². The van der Waals surface area contributed by atoms with Gasteiger partial charge in [0.15, 0.2) is 0 Å². The van der Waals surface area contributed by atoms with Crippen LogP contribution in [0.4, 0.5) is 0 Å². The van der Waals surface area contributed by atoms with Crippen LogP contribution in [-0.2, 0) is 9.59 Å². The number of thioether (sulfide) groups is 1. The molecule has 0 rings (SSSR count). The highest BCUT2D eigenvalue weighted by atomic mass is 32.2. The average molecular weight is 247 g/mol. The van der Waals surface area contributed by atoms with Gasteiger partial charge in [0.05, 0.1) is 11.7 Å². The molecule has 1 unspecified atom stereocenters. The quantitative estimate of drug-likeness (QED) is 0.778. The predicted molar refractivity (Wildman–Crippen MR) is 66.7 cm³/mol. The van der Waals surface area contributed by atoms with Gasteiger partial charge >= 0.3 is 5.97 Å². The zero-order chi connectivity index (χ0) is 12.9. The number of carbonyl (C=O) groups is 2. The van der Waals surface area contributed by atoms with Crippen molar-refractivity contribution < 1.29 is 14.7 Å². The summed E-state index contributed by atoms with van der Waals surface area (Å²) < 4.78 is 0. The van der Waals surface area contributed by atoms with Gasteiger partial charge in [-0.25, -0.2) is 0 Å². The summed E-state index contributed by atoms with van der Waals surface area (Å²) in [6, 6.07) is 0. The van der Waals surface area contributed by atoms with Crippen LogP contribution >= 0.6 is 11.8 Å². The second-order valence-electron chi connectivity index (χ2n) is 5.01. The van der Waals surface area contributed by atoms with Gasteiger partial charge in [-0.05, 0) is 26.0 Å². The monoisotopic (exact) mass is 247 g/mol. The fourth-order valence-corrected chi connectivity index (χ4v) is 2.22. The van der Waals surface area contributed by atoms with Gasteiger partial charge in [-0.15, -0.1) is 11.8 Å². The van der Waals surface area contributed by atoms with Crippen LogP contribution in [0.25, 0.3) is 0 Å². The van der Waals surface area contributed by atoms with Crippen molar-refractivity contribution in [3.05, 3.63) is 0 Å². The lowest BCUT2D eigenvalue weighted by Gasteiger charge is -2.24. The van der Waals surface area contributed by atoms with E-state index in [1.807, 2.05) is 34.6 Å². The largest absolute Gasteiger partial charge is 0.481 e. The van der Waals surface area contributed by atoms with Crippen LogP contribution in [-0.4, -0.2) is 33.0 Å². The number of carboxylic acid groups (broad SMARTS) is 1. The molecule has 0 fully saturated rings. The first kappa shape index (κ1) is 15.3. The number of carbonyl (C=O) groups excluding carboxylic acids is 1. The summed E-state index contributed by atoms with van der Waals surface area (Å²) in [7, 11) is 0. The van der Waals surface area contributed by atoms with E-state index in [-0.39, 0.29) is 23.1 Å². The maximum atomic E-state index is 11.8. The molecular formula is C11H21NO3S. The molecule has 0 aliphatic rings. The van der Waals surface area contributed by atoms with Crippen molar-refractivity contribution in [2.24, 2.45) is 0 Å². The lowest BCUT2D eigenvalue weighted by Crippen LogP contribution is -2.45. The predicted octanol–water partition coefficient (Wildman–Crippen LogP) is 1.89. The van der Waals surface area contributed by atoms with Gasteiger partial charge in [-0.3, -0.25) is 9.59 Å². The molecule has 0 saturated carbocycles. The third kappa shape index (κ3) is 7.56. The molecule has 0 radical (unpaired) electrons. The number of nitrogens with one attached hydrogen (secondary N) is 1. The Morgan fingerprint density at radius 2 is 1.81 bits per heavy atom. The van der Waals surface area contributed by atoms with Gasteiger partial charge < -0.3 is 10.4 Å². The highest BCUT2D eigenvalue weighted by Crippen LogP contribution is 2.21. The Labute approximate surface area is 101 Å². The van der Waals surface area contributed by atoms with Crippen LogP contribution in [0.2, 0.25) is 0 Å². The number of amides is 1. The Hall–Kier alpha value is -0.710. The van der Waals surface area contributed by atoms with E-state index >= 15 is 0 Å². The van der Waals surface area contributed by atoms with E-state index in [2.05, 4.69) is 5.32 Å². The molecular weight excluding hydrogens is 226 g/mol. The second kappa shape index (κ2) is 6.13. The lowest BCUT2D eigenvalue weighted by atomic mass is 10.1. The van der Waals surface area contributed by atoms with Gasteiger partial charge in [0.1, 0.15) is 0 Å². The summed E-state index contributed by atoms with van der Waals surface area (Å²) in [5, 5.41) is 11.3. The number of hydrogen-bond donors (Lipinski definition) is 2. The van der Waals surface area contributed by atoms with Crippen molar-refractivity contribution in [1.82, 2.24) is 5.32 Å². The summed E-state index contributed by atoms with van der Waals surface area (Å²) in [6.45, 7) is 9.53. The smallest absolute Gasteiger partial charge is 0.305 e. The van der Waals surface area contributed by atoms with Crippen molar-refractivity contribution in [3.63, 3.8) is 0 Å². The molecule has 2 N–H and O–H groups in total. The third-order valence-electron chi connectivity index (χ3n) is 1.59. The van der Waals surface area contributed by atoms with E-state index in [0.29, 0.717) is 0 Å². The van der Waals surface area contributed by atoms with E-state index in [4.69, 9.17) is 5.11 Å². The van der Waals surface area contributed by atoms with Crippen LogP contribution in [0.5, 0.6) is 0 Å². The van der Waals surface area contributed by atoms with Crippen molar-refractivity contribution >= 4 is 23.6 Å². The topological polar surface area (TPSA) is 66.4 Å². The van der Waals surface area contributed by atoms with Crippen LogP contribution in [0, 0.1) is 0 Å². The highest BCUT2D eigenvalue weighted by molar-refractivity contribution is 8.01. The molecule has 0 aromatic heterocycles. The molecule has 1 amide bonds. The summed E-state index contributed by atoms with van der Waals surface area (Å²) in [5.41, 5.74) is -0.328. The minimum Gasteiger partial charge on any atom is -0.481 e. The second-order valence-corrected chi connectivity index (χ2v) is 6.79. The van der Waals surface area contributed by atoms with Gasteiger partial charge in [-0.1, -0.05) is 13.8 Å². The first-order valence-electron chi connectivity index (χ1n) is 5.31. The number of carboxylic acids is 1. The number of aliphatic carboxylic acids is 1. The van der Waals surface area contributed by atoms with E-state index in [0.717, 1.165) is 0 Å². The molecule has 0 aliphatic heterocycles. The minimum absolute atomic E-state index is 0.134. The molecule has 0 bridgehead atoms. The lowest BCUT2D eigenvalue weighted by molar-refractivity contribution is -0.138. The van der Waals surface area contributed by atoms with Gasteiger partial charge in [0.2, 0.25) is 5.91 Å². The van der Waals surface area contributed by atoms with Crippen LogP contribution < -0.4 is 5.32 Å². The van der Waals surface area contributed by atoms with E-state index in [9.17, 15) is 9.59 Å². The first-order valence-corrected chi connectivity index (χ1v) is 6.25. The summed E-state index contributed by atoms with van der Waals surface area (Å²) in [6.07, 6.45) is -0.134. The Bertz CT molecular complexity index is 258. The zero-order valence-electron chi connectivity index (χ0n) is 10.5.